The molecule has 2 aromatic rings. The number of carboxylic acids is 1. The van der Waals surface area contributed by atoms with Gasteiger partial charge in [0.05, 0.1) is 0 Å². The summed E-state index contributed by atoms with van der Waals surface area (Å²) in [4.78, 5) is 10.3. The quantitative estimate of drug-likeness (QED) is 0.841. The highest BCUT2D eigenvalue weighted by Gasteiger charge is 2.10. The zero-order valence-electron chi connectivity index (χ0n) is 8.46. The van der Waals surface area contributed by atoms with Gasteiger partial charge < -0.3 is 9.52 Å². The molecule has 1 aromatic carbocycles. The molecule has 0 unspecified atom stereocenters. The highest BCUT2D eigenvalue weighted by Crippen LogP contribution is 2.22. The molecule has 88 valence electrons. The van der Waals surface area contributed by atoms with Crippen LogP contribution in [-0.2, 0) is 4.79 Å². The van der Waals surface area contributed by atoms with Crippen molar-refractivity contribution in [2.45, 2.75) is 5.22 Å². The number of halogens is 1. The van der Waals surface area contributed by atoms with E-state index in [2.05, 4.69) is 10.2 Å². The van der Waals surface area contributed by atoms with E-state index in [0.29, 0.717) is 5.56 Å². The minimum atomic E-state index is -0.962. The molecule has 1 aromatic heterocycles. The van der Waals surface area contributed by atoms with E-state index in [1.54, 1.807) is 0 Å². The monoisotopic (exact) mass is 254 g/mol. The standard InChI is InChI=1S/C10H7FN2O3S/c11-7-3-1-6(2-4-7)9-12-13-10(16-9)17-5-8(14)15/h1-4H,5H2,(H,14,15). The lowest BCUT2D eigenvalue weighted by Gasteiger charge is -1.93. The van der Waals surface area contributed by atoms with Crippen LogP contribution >= 0.6 is 11.8 Å². The smallest absolute Gasteiger partial charge is 0.314 e. The number of nitrogens with zero attached hydrogens (tertiary/aromatic N) is 2. The normalized spacial score (nSPS) is 10.4. The number of aromatic nitrogens is 2. The zero-order valence-corrected chi connectivity index (χ0v) is 9.28. The topological polar surface area (TPSA) is 76.2 Å². The minimum absolute atomic E-state index is 0.148. The zero-order chi connectivity index (χ0) is 12.3. The summed E-state index contributed by atoms with van der Waals surface area (Å²) in [5, 5.41) is 16.1. The molecule has 17 heavy (non-hydrogen) atoms. The van der Waals surface area contributed by atoms with E-state index in [4.69, 9.17) is 9.52 Å². The Labute approximate surface area is 99.7 Å². The van der Waals surface area contributed by atoms with Crippen molar-refractivity contribution in [1.29, 1.82) is 0 Å². The van der Waals surface area contributed by atoms with Crippen molar-refractivity contribution in [3.05, 3.63) is 30.1 Å². The number of carbonyl (C=O) groups is 1. The molecule has 1 heterocycles. The molecule has 0 atom stereocenters. The van der Waals surface area contributed by atoms with Gasteiger partial charge in [0, 0.05) is 5.56 Å². The Bertz CT molecular complexity index is 527. The summed E-state index contributed by atoms with van der Waals surface area (Å²) in [6, 6.07) is 5.58. The van der Waals surface area contributed by atoms with Crippen molar-refractivity contribution < 1.29 is 18.7 Å². The summed E-state index contributed by atoms with van der Waals surface area (Å²) in [6.07, 6.45) is 0. The van der Waals surface area contributed by atoms with Crippen LogP contribution in [0.3, 0.4) is 0 Å². The van der Waals surface area contributed by atoms with Crippen LogP contribution in [0.25, 0.3) is 11.5 Å². The van der Waals surface area contributed by atoms with Crippen LogP contribution in [0.5, 0.6) is 0 Å². The van der Waals surface area contributed by atoms with Crippen LogP contribution in [0.15, 0.2) is 33.9 Å². The number of thioether (sulfide) groups is 1. The molecule has 0 aliphatic heterocycles. The highest BCUT2D eigenvalue weighted by atomic mass is 32.2. The molecule has 0 amide bonds. The van der Waals surface area contributed by atoms with Gasteiger partial charge in [-0.15, -0.1) is 10.2 Å². The van der Waals surface area contributed by atoms with Gasteiger partial charge in [0.15, 0.2) is 0 Å². The van der Waals surface area contributed by atoms with E-state index in [0.717, 1.165) is 11.8 Å². The number of hydrogen-bond donors (Lipinski definition) is 1. The molecule has 0 radical (unpaired) electrons. The molecule has 5 nitrogen and oxygen atoms in total. The molecule has 0 bridgehead atoms. The molecular formula is C10H7FN2O3S. The number of hydrogen-bond acceptors (Lipinski definition) is 5. The van der Waals surface area contributed by atoms with Gasteiger partial charge in [0.2, 0.25) is 5.89 Å². The Balaban J connectivity index is 2.12. The van der Waals surface area contributed by atoms with Crippen molar-refractivity contribution >= 4 is 17.7 Å². The molecule has 2 rings (SSSR count). The van der Waals surface area contributed by atoms with Crippen LogP contribution in [-0.4, -0.2) is 27.0 Å². The minimum Gasteiger partial charge on any atom is -0.481 e. The third-order valence-corrected chi connectivity index (χ3v) is 2.62. The van der Waals surface area contributed by atoms with Crippen LogP contribution in [0, 0.1) is 5.82 Å². The van der Waals surface area contributed by atoms with Crippen molar-refractivity contribution in [3.63, 3.8) is 0 Å². The first-order valence-electron chi connectivity index (χ1n) is 4.59. The second kappa shape index (κ2) is 4.96. The van der Waals surface area contributed by atoms with E-state index >= 15 is 0 Å². The maximum atomic E-state index is 12.7. The lowest BCUT2D eigenvalue weighted by molar-refractivity contribution is -0.133. The van der Waals surface area contributed by atoms with Gasteiger partial charge in [-0.25, -0.2) is 4.39 Å². The van der Waals surface area contributed by atoms with Crippen molar-refractivity contribution in [2.24, 2.45) is 0 Å². The molecule has 0 saturated heterocycles. The fraction of sp³-hybridized carbons (Fsp3) is 0.100. The maximum absolute atomic E-state index is 12.7. The molecule has 0 aliphatic rings. The average molecular weight is 254 g/mol. The van der Waals surface area contributed by atoms with Gasteiger partial charge in [-0.1, -0.05) is 11.8 Å². The Morgan fingerprint density at radius 1 is 1.35 bits per heavy atom. The third kappa shape index (κ3) is 3.04. The predicted molar refractivity (Wildman–Crippen MR) is 58.1 cm³/mol. The lowest BCUT2D eigenvalue weighted by atomic mass is 10.2. The van der Waals surface area contributed by atoms with Crippen LogP contribution < -0.4 is 0 Å². The summed E-state index contributed by atoms with van der Waals surface area (Å²) in [5.74, 6) is -1.23. The molecule has 7 heteroatoms. The average Bonchev–Trinajstić information content (AvgIpc) is 2.76. The summed E-state index contributed by atoms with van der Waals surface area (Å²) in [6.45, 7) is 0. The molecule has 0 spiro atoms. The third-order valence-electron chi connectivity index (χ3n) is 1.82. The molecule has 0 saturated carbocycles. The summed E-state index contributed by atoms with van der Waals surface area (Å²) >= 11 is 0.933. The molecule has 0 aliphatic carbocycles. The Morgan fingerprint density at radius 2 is 2.06 bits per heavy atom. The second-order valence-corrected chi connectivity index (χ2v) is 3.99. The number of carboxylic acid groups (broad SMARTS) is 1. The lowest BCUT2D eigenvalue weighted by Crippen LogP contribution is -1.97. The first-order chi connectivity index (χ1) is 8.15. The Morgan fingerprint density at radius 3 is 2.71 bits per heavy atom. The van der Waals surface area contributed by atoms with Crippen molar-refractivity contribution in [3.8, 4) is 11.5 Å². The van der Waals surface area contributed by atoms with Gasteiger partial charge in [-0.2, -0.15) is 0 Å². The first-order valence-corrected chi connectivity index (χ1v) is 5.58. The summed E-state index contributed by atoms with van der Waals surface area (Å²) in [5.41, 5.74) is 0.584. The van der Waals surface area contributed by atoms with Crippen molar-refractivity contribution in [1.82, 2.24) is 10.2 Å². The van der Waals surface area contributed by atoms with E-state index in [9.17, 15) is 9.18 Å². The molecule has 1 N–H and O–H groups in total. The van der Waals surface area contributed by atoms with Crippen LogP contribution in [0.1, 0.15) is 0 Å². The van der Waals surface area contributed by atoms with Gasteiger partial charge in [-0.05, 0) is 24.3 Å². The first kappa shape index (κ1) is 11.6. The van der Waals surface area contributed by atoms with Crippen LogP contribution in [0.2, 0.25) is 0 Å². The number of aliphatic carboxylic acids is 1. The summed E-state index contributed by atoms with van der Waals surface area (Å²) < 4.78 is 17.9. The molecule has 0 fully saturated rings. The second-order valence-electron chi connectivity index (χ2n) is 3.06. The Hall–Kier alpha value is -1.89. The largest absolute Gasteiger partial charge is 0.481 e. The van der Waals surface area contributed by atoms with E-state index < -0.39 is 5.97 Å². The van der Waals surface area contributed by atoms with Gasteiger partial charge in [0.1, 0.15) is 11.6 Å². The number of benzene rings is 1. The highest BCUT2D eigenvalue weighted by molar-refractivity contribution is 7.99. The van der Waals surface area contributed by atoms with E-state index in [-0.39, 0.29) is 22.7 Å². The van der Waals surface area contributed by atoms with Gasteiger partial charge >= 0.3 is 5.97 Å². The fourth-order valence-electron chi connectivity index (χ4n) is 1.10. The Kier molecular flexibility index (Phi) is 3.38. The van der Waals surface area contributed by atoms with E-state index in [1.165, 1.54) is 24.3 Å². The fourth-order valence-corrected chi connectivity index (χ4v) is 1.58. The predicted octanol–water partition coefficient (Wildman–Crippen LogP) is 2.05. The number of rotatable bonds is 4. The van der Waals surface area contributed by atoms with Crippen molar-refractivity contribution in [2.75, 3.05) is 5.75 Å². The van der Waals surface area contributed by atoms with Gasteiger partial charge in [0.25, 0.3) is 5.22 Å². The summed E-state index contributed by atoms with van der Waals surface area (Å²) in [7, 11) is 0. The van der Waals surface area contributed by atoms with Gasteiger partial charge in [-0.3, -0.25) is 4.79 Å². The van der Waals surface area contributed by atoms with E-state index in [1.807, 2.05) is 0 Å². The maximum Gasteiger partial charge on any atom is 0.314 e. The SMILES string of the molecule is O=C(O)CSc1nnc(-c2ccc(F)cc2)o1. The van der Waals surface area contributed by atoms with Crippen LogP contribution in [0.4, 0.5) is 4.39 Å². The molecular weight excluding hydrogens is 247 g/mol.